The lowest BCUT2D eigenvalue weighted by molar-refractivity contribution is 0.0673. The average Bonchev–Trinajstić information content (AvgIpc) is 2.55. The lowest BCUT2D eigenvalue weighted by Crippen LogP contribution is -2.54. The first-order valence-corrected chi connectivity index (χ1v) is 7.96. The van der Waals surface area contributed by atoms with Crippen molar-refractivity contribution in [3.8, 4) is 0 Å². The summed E-state index contributed by atoms with van der Waals surface area (Å²) < 4.78 is 0. The predicted octanol–water partition coefficient (Wildman–Crippen LogP) is 2.44. The van der Waals surface area contributed by atoms with Crippen molar-refractivity contribution < 1.29 is 4.79 Å². The molecule has 23 heavy (non-hydrogen) atoms. The van der Waals surface area contributed by atoms with E-state index in [1.165, 1.54) is 11.3 Å². The molecule has 2 aromatic rings. The van der Waals surface area contributed by atoms with Gasteiger partial charge in [-0.05, 0) is 32.4 Å². The fourth-order valence-corrected chi connectivity index (χ4v) is 3.07. The van der Waals surface area contributed by atoms with E-state index in [2.05, 4.69) is 53.0 Å². The Hall–Kier alpha value is -2.43. The van der Waals surface area contributed by atoms with Crippen molar-refractivity contribution in [2.45, 2.75) is 26.8 Å². The Labute approximate surface area is 137 Å². The summed E-state index contributed by atoms with van der Waals surface area (Å²) in [6, 6.07) is 8.54. The van der Waals surface area contributed by atoms with Crippen LogP contribution in [0.4, 0.5) is 5.69 Å². The Morgan fingerprint density at radius 3 is 2.48 bits per heavy atom. The molecule has 2 heterocycles. The highest BCUT2D eigenvalue weighted by Crippen LogP contribution is 2.23. The number of hydrogen-bond acceptors (Lipinski definition) is 4. The van der Waals surface area contributed by atoms with Crippen molar-refractivity contribution in [2.75, 3.05) is 24.5 Å². The monoisotopic (exact) mass is 310 g/mol. The largest absolute Gasteiger partial charge is 0.367 e. The average molecular weight is 310 g/mol. The van der Waals surface area contributed by atoms with Gasteiger partial charge in [0.15, 0.2) is 0 Å². The summed E-state index contributed by atoms with van der Waals surface area (Å²) >= 11 is 0. The van der Waals surface area contributed by atoms with Crippen molar-refractivity contribution in [3.05, 3.63) is 53.6 Å². The minimum Gasteiger partial charge on any atom is -0.367 e. The molecule has 1 fully saturated rings. The topological polar surface area (TPSA) is 49.3 Å². The summed E-state index contributed by atoms with van der Waals surface area (Å²) in [6.45, 7) is 8.43. The van der Waals surface area contributed by atoms with Gasteiger partial charge in [-0.25, -0.2) is 9.97 Å². The number of amides is 1. The smallest absolute Gasteiger partial charge is 0.257 e. The zero-order chi connectivity index (χ0) is 16.4. The second-order valence-corrected chi connectivity index (χ2v) is 6.10. The Bertz CT molecular complexity index is 698. The van der Waals surface area contributed by atoms with Gasteiger partial charge >= 0.3 is 0 Å². The van der Waals surface area contributed by atoms with Crippen LogP contribution in [0.1, 0.15) is 28.7 Å². The molecule has 5 heteroatoms. The molecular weight excluding hydrogens is 288 g/mol. The fourth-order valence-electron chi connectivity index (χ4n) is 3.07. The van der Waals surface area contributed by atoms with Crippen LogP contribution in [0.5, 0.6) is 0 Å². The van der Waals surface area contributed by atoms with Gasteiger partial charge in [0.2, 0.25) is 0 Å². The number of hydrogen-bond donors (Lipinski definition) is 0. The van der Waals surface area contributed by atoms with E-state index in [0.717, 1.165) is 13.1 Å². The summed E-state index contributed by atoms with van der Waals surface area (Å²) in [5.74, 6) is 0.695. The first kappa shape index (κ1) is 15.5. The van der Waals surface area contributed by atoms with Crippen LogP contribution in [-0.2, 0) is 0 Å². The highest BCUT2D eigenvalue weighted by atomic mass is 16.2. The molecule has 0 aliphatic carbocycles. The maximum atomic E-state index is 12.7. The lowest BCUT2D eigenvalue weighted by Gasteiger charge is -2.41. The van der Waals surface area contributed by atoms with E-state index in [4.69, 9.17) is 0 Å². The summed E-state index contributed by atoms with van der Waals surface area (Å²) in [7, 11) is 0. The highest BCUT2D eigenvalue weighted by Gasteiger charge is 2.28. The summed E-state index contributed by atoms with van der Waals surface area (Å²) in [5, 5.41) is 0. The number of aromatic nitrogens is 2. The van der Waals surface area contributed by atoms with Crippen LogP contribution < -0.4 is 4.90 Å². The Morgan fingerprint density at radius 1 is 1.13 bits per heavy atom. The third kappa shape index (κ3) is 3.18. The van der Waals surface area contributed by atoms with Gasteiger partial charge in [0.05, 0.1) is 5.56 Å². The number of anilines is 1. The molecule has 0 radical (unpaired) electrons. The second-order valence-electron chi connectivity index (χ2n) is 6.10. The number of aryl methyl sites for hydroxylation is 2. The van der Waals surface area contributed by atoms with Crippen molar-refractivity contribution in [3.63, 3.8) is 0 Å². The first-order chi connectivity index (χ1) is 11.1. The summed E-state index contributed by atoms with van der Waals surface area (Å²) in [6.07, 6.45) is 3.23. The van der Waals surface area contributed by atoms with Gasteiger partial charge in [-0.2, -0.15) is 0 Å². The van der Waals surface area contributed by atoms with Gasteiger partial charge in [-0.1, -0.05) is 18.2 Å². The fraction of sp³-hybridized carbons (Fsp3) is 0.389. The Morgan fingerprint density at radius 2 is 1.83 bits per heavy atom. The molecule has 1 amide bonds. The van der Waals surface area contributed by atoms with Crippen molar-refractivity contribution in [1.29, 1.82) is 0 Å². The number of benzene rings is 1. The van der Waals surface area contributed by atoms with Gasteiger partial charge in [0.25, 0.3) is 5.91 Å². The van der Waals surface area contributed by atoms with Crippen molar-refractivity contribution in [1.82, 2.24) is 14.9 Å². The van der Waals surface area contributed by atoms with Crippen LogP contribution >= 0.6 is 0 Å². The van der Waals surface area contributed by atoms with E-state index in [1.54, 1.807) is 12.4 Å². The molecule has 1 aromatic carbocycles. The van der Waals surface area contributed by atoms with Gasteiger partial charge < -0.3 is 9.80 Å². The number of para-hydroxylation sites is 1. The number of nitrogens with zero attached hydrogens (tertiary/aromatic N) is 4. The van der Waals surface area contributed by atoms with E-state index >= 15 is 0 Å². The molecule has 1 aliphatic rings. The van der Waals surface area contributed by atoms with Gasteiger partial charge in [0.1, 0.15) is 5.82 Å². The van der Waals surface area contributed by atoms with Crippen LogP contribution in [0, 0.1) is 13.8 Å². The third-order valence-electron chi connectivity index (χ3n) is 4.37. The lowest BCUT2D eigenvalue weighted by atomic mass is 10.1. The zero-order valence-corrected chi connectivity index (χ0v) is 13.9. The van der Waals surface area contributed by atoms with Crippen LogP contribution in [0.25, 0.3) is 0 Å². The predicted molar refractivity (Wildman–Crippen MR) is 90.7 cm³/mol. The van der Waals surface area contributed by atoms with E-state index in [0.29, 0.717) is 17.9 Å². The normalized spacial score (nSPS) is 18.1. The molecule has 0 spiro atoms. The molecule has 0 N–H and O–H groups in total. The van der Waals surface area contributed by atoms with Gasteiger partial charge in [0, 0.05) is 43.8 Å². The third-order valence-corrected chi connectivity index (χ3v) is 4.37. The van der Waals surface area contributed by atoms with Crippen LogP contribution in [0.3, 0.4) is 0 Å². The molecule has 120 valence electrons. The second kappa shape index (κ2) is 6.36. The van der Waals surface area contributed by atoms with Crippen molar-refractivity contribution >= 4 is 11.6 Å². The zero-order valence-electron chi connectivity index (χ0n) is 13.9. The number of rotatable bonds is 2. The van der Waals surface area contributed by atoms with E-state index in [-0.39, 0.29) is 11.9 Å². The summed E-state index contributed by atoms with van der Waals surface area (Å²) in [5.41, 5.74) is 3.09. The molecule has 1 aromatic heterocycles. The maximum absolute atomic E-state index is 12.7. The van der Waals surface area contributed by atoms with Crippen LogP contribution in [-0.4, -0.2) is 46.5 Å². The Kier molecular flexibility index (Phi) is 4.28. The quantitative estimate of drug-likeness (QED) is 0.855. The minimum absolute atomic E-state index is 0.0157. The van der Waals surface area contributed by atoms with Crippen LogP contribution in [0.15, 0.2) is 36.7 Å². The molecular formula is C18H22N4O. The number of carbonyl (C=O) groups is 1. The van der Waals surface area contributed by atoms with Gasteiger partial charge in [-0.15, -0.1) is 0 Å². The molecule has 5 nitrogen and oxygen atoms in total. The minimum atomic E-state index is 0.0157. The highest BCUT2D eigenvalue weighted by molar-refractivity contribution is 5.94. The molecule has 0 bridgehead atoms. The molecule has 1 saturated heterocycles. The van der Waals surface area contributed by atoms with E-state index in [9.17, 15) is 4.79 Å². The standard InChI is InChI=1S/C18H22N4O/c1-13-6-4-5-7-17(13)21-8-9-22(14(2)12-21)18(23)16-10-19-15(3)20-11-16/h4-7,10-11,14H,8-9,12H2,1-3H3. The van der Waals surface area contributed by atoms with Gasteiger partial charge in [-0.3, -0.25) is 4.79 Å². The molecule has 1 atom stereocenters. The SMILES string of the molecule is Cc1ncc(C(=O)N2CCN(c3ccccc3C)CC2C)cn1. The molecule has 3 rings (SSSR count). The molecule has 0 saturated carbocycles. The number of piperazine rings is 1. The van der Waals surface area contributed by atoms with E-state index < -0.39 is 0 Å². The molecule has 1 unspecified atom stereocenters. The van der Waals surface area contributed by atoms with Crippen LogP contribution in [0.2, 0.25) is 0 Å². The summed E-state index contributed by atoms with van der Waals surface area (Å²) in [4.78, 5) is 25.2. The van der Waals surface area contributed by atoms with Crippen molar-refractivity contribution in [2.24, 2.45) is 0 Å². The maximum Gasteiger partial charge on any atom is 0.257 e. The molecule has 1 aliphatic heterocycles. The number of carbonyl (C=O) groups excluding carboxylic acids is 1. The Balaban J connectivity index is 1.73. The first-order valence-electron chi connectivity index (χ1n) is 7.96. The van der Waals surface area contributed by atoms with E-state index in [1.807, 2.05) is 11.8 Å².